The average molecular weight is 419 g/mol. The van der Waals surface area contributed by atoms with Crippen molar-refractivity contribution in [1.29, 1.82) is 0 Å². The smallest absolute Gasteiger partial charge is 0.226 e. The topological polar surface area (TPSA) is 56.4 Å². The van der Waals surface area contributed by atoms with Crippen molar-refractivity contribution in [1.82, 2.24) is 15.5 Å². The summed E-state index contributed by atoms with van der Waals surface area (Å²) < 4.78 is 0. The molecule has 29 heavy (non-hydrogen) atoms. The van der Waals surface area contributed by atoms with Gasteiger partial charge >= 0.3 is 0 Å². The van der Waals surface area contributed by atoms with E-state index in [9.17, 15) is 4.79 Å². The first-order valence-corrected chi connectivity index (χ1v) is 11.2. The largest absolute Gasteiger partial charge is 0.363 e. The lowest BCUT2D eigenvalue weighted by atomic mass is 9.89. The molecule has 0 aromatic heterocycles. The number of likely N-dealkylation sites (tertiary alicyclic amines) is 1. The first kappa shape index (κ1) is 23.6. The molecule has 1 aliphatic heterocycles. The maximum Gasteiger partial charge on any atom is 0.226 e. The van der Waals surface area contributed by atoms with Gasteiger partial charge in [0.15, 0.2) is 5.11 Å². The Kier molecular flexibility index (Phi) is 8.90. The first-order valence-electron chi connectivity index (χ1n) is 10.8. The number of piperidine rings is 1. The van der Waals surface area contributed by atoms with Gasteiger partial charge in [-0.25, -0.2) is 0 Å². The molecule has 1 saturated heterocycles. The van der Waals surface area contributed by atoms with Crippen LogP contribution in [0.2, 0.25) is 0 Å². The predicted octanol–water partition coefficient (Wildman–Crippen LogP) is 4.11. The molecule has 1 amide bonds. The van der Waals surface area contributed by atoms with Gasteiger partial charge in [0.05, 0.1) is 0 Å². The van der Waals surface area contributed by atoms with E-state index in [0.717, 1.165) is 43.4 Å². The molecule has 0 saturated carbocycles. The molecule has 1 aliphatic rings. The lowest BCUT2D eigenvalue weighted by Crippen LogP contribution is -2.46. The summed E-state index contributed by atoms with van der Waals surface area (Å²) in [7, 11) is 0. The highest BCUT2D eigenvalue weighted by molar-refractivity contribution is 7.80. The minimum absolute atomic E-state index is 0.000858. The Morgan fingerprint density at radius 1 is 1.24 bits per heavy atom. The minimum Gasteiger partial charge on any atom is -0.363 e. The second-order valence-corrected chi connectivity index (χ2v) is 9.78. The van der Waals surface area contributed by atoms with Crippen molar-refractivity contribution in [2.75, 3.05) is 31.5 Å². The number of hydrogen-bond donors (Lipinski definition) is 3. The second-order valence-electron chi connectivity index (χ2n) is 9.37. The number of thiocarbonyl (C=S) groups is 1. The second kappa shape index (κ2) is 10.9. The lowest BCUT2D eigenvalue weighted by molar-refractivity contribution is -0.118. The number of nitrogens with one attached hydrogen (secondary N) is 3. The summed E-state index contributed by atoms with van der Waals surface area (Å²) in [6, 6.07) is 8.37. The van der Waals surface area contributed by atoms with Gasteiger partial charge in [0.25, 0.3) is 0 Å². The van der Waals surface area contributed by atoms with Crippen molar-refractivity contribution >= 4 is 28.9 Å². The van der Waals surface area contributed by atoms with Crippen LogP contribution in [0.1, 0.15) is 65.4 Å². The lowest BCUT2D eigenvalue weighted by Gasteiger charge is -2.32. The van der Waals surface area contributed by atoms with Gasteiger partial charge in [-0.2, -0.15) is 0 Å². The molecular weight excluding hydrogens is 380 g/mol. The molecule has 0 spiro atoms. The first-order chi connectivity index (χ1) is 13.6. The minimum atomic E-state index is -0.00464. The number of amides is 1. The summed E-state index contributed by atoms with van der Waals surface area (Å²) in [5, 5.41) is 10.3. The number of nitrogens with zero attached hydrogens (tertiary/aromatic N) is 1. The predicted molar refractivity (Wildman–Crippen MR) is 126 cm³/mol. The van der Waals surface area contributed by atoms with Crippen LogP contribution in [0, 0.1) is 5.92 Å². The van der Waals surface area contributed by atoms with Crippen LogP contribution < -0.4 is 16.0 Å². The van der Waals surface area contributed by atoms with E-state index in [1.807, 2.05) is 19.9 Å². The zero-order chi connectivity index (χ0) is 21.4. The molecule has 162 valence electrons. The van der Waals surface area contributed by atoms with Crippen LogP contribution in [-0.4, -0.2) is 47.6 Å². The zero-order valence-corrected chi connectivity index (χ0v) is 19.5. The fourth-order valence-corrected chi connectivity index (χ4v) is 3.94. The Labute approximate surface area is 182 Å². The van der Waals surface area contributed by atoms with Crippen LogP contribution in [0.3, 0.4) is 0 Å². The Morgan fingerprint density at radius 2 is 1.93 bits per heavy atom. The van der Waals surface area contributed by atoms with E-state index >= 15 is 0 Å². The molecule has 0 aliphatic carbocycles. The van der Waals surface area contributed by atoms with Gasteiger partial charge in [0.1, 0.15) is 0 Å². The monoisotopic (exact) mass is 418 g/mol. The quantitative estimate of drug-likeness (QED) is 0.459. The van der Waals surface area contributed by atoms with Crippen molar-refractivity contribution in [3.63, 3.8) is 0 Å². The fourth-order valence-electron chi connectivity index (χ4n) is 3.54. The third-order valence-corrected chi connectivity index (χ3v) is 5.41. The van der Waals surface area contributed by atoms with E-state index in [-0.39, 0.29) is 17.4 Å². The molecule has 2 rings (SSSR count). The van der Waals surface area contributed by atoms with E-state index in [1.165, 1.54) is 18.4 Å². The summed E-state index contributed by atoms with van der Waals surface area (Å²) >= 11 is 5.33. The van der Waals surface area contributed by atoms with Gasteiger partial charge in [-0.1, -0.05) is 26.0 Å². The van der Waals surface area contributed by atoms with Crippen molar-refractivity contribution in [3.8, 4) is 0 Å². The van der Waals surface area contributed by atoms with Crippen LogP contribution in [0.4, 0.5) is 5.69 Å². The normalized spacial score (nSPS) is 15.9. The van der Waals surface area contributed by atoms with E-state index in [4.69, 9.17) is 12.2 Å². The van der Waals surface area contributed by atoms with Crippen LogP contribution in [0.15, 0.2) is 24.3 Å². The number of carbonyl (C=O) groups is 1. The molecule has 3 N–H and O–H groups in total. The van der Waals surface area contributed by atoms with E-state index in [0.29, 0.717) is 5.92 Å². The Balaban J connectivity index is 1.71. The highest BCUT2D eigenvalue weighted by Gasteiger charge is 2.21. The average Bonchev–Trinajstić information content (AvgIpc) is 2.64. The number of anilines is 1. The molecular formula is C23H38N4OS. The summed E-state index contributed by atoms with van der Waals surface area (Å²) in [4.78, 5) is 14.5. The Morgan fingerprint density at radius 3 is 2.55 bits per heavy atom. The maximum atomic E-state index is 11.9. The number of hydrogen-bond acceptors (Lipinski definition) is 3. The summed E-state index contributed by atoms with van der Waals surface area (Å²) in [6.07, 6.45) is 3.42. The van der Waals surface area contributed by atoms with E-state index in [1.54, 1.807) is 0 Å². The molecule has 0 unspecified atom stereocenters. The van der Waals surface area contributed by atoms with Crippen molar-refractivity contribution < 1.29 is 4.79 Å². The van der Waals surface area contributed by atoms with Crippen LogP contribution in [0.5, 0.6) is 0 Å². The molecule has 1 aromatic rings. The van der Waals surface area contributed by atoms with Crippen LogP contribution in [-0.2, 0) is 4.79 Å². The number of carbonyl (C=O) groups excluding carboxylic acids is 1. The van der Waals surface area contributed by atoms with Gasteiger partial charge in [-0.05, 0) is 95.5 Å². The Hall–Kier alpha value is -1.66. The molecule has 6 heteroatoms. The third kappa shape index (κ3) is 8.70. The number of rotatable bonds is 7. The van der Waals surface area contributed by atoms with Crippen molar-refractivity contribution in [2.45, 2.75) is 65.3 Å². The molecule has 1 aromatic carbocycles. The van der Waals surface area contributed by atoms with Crippen molar-refractivity contribution in [2.24, 2.45) is 5.92 Å². The van der Waals surface area contributed by atoms with Gasteiger partial charge in [-0.3, -0.25) is 4.79 Å². The summed E-state index contributed by atoms with van der Waals surface area (Å²) in [5.74, 6) is 0.640. The van der Waals surface area contributed by atoms with E-state index in [2.05, 4.69) is 59.8 Å². The van der Waals surface area contributed by atoms with Gasteiger partial charge in [0.2, 0.25) is 5.91 Å². The standard InChI is InChI=1S/C23H38N4OS/c1-17(2)21(28)25-20-9-6-8-19(16-20)18-10-14-27(15-11-18)13-7-12-24-22(29)26-23(3,4)5/h6,8-9,16-18H,7,10-15H2,1-5H3,(H,25,28)(H2,24,26,29). The molecule has 0 atom stereocenters. The van der Waals surface area contributed by atoms with Crippen molar-refractivity contribution in [3.05, 3.63) is 29.8 Å². The SMILES string of the molecule is CC(C)C(=O)Nc1cccc(C2CCN(CCCNC(=S)NC(C)(C)C)CC2)c1. The molecule has 5 nitrogen and oxygen atoms in total. The number of benzene rings is 1. The van der Waals surface area contributed by atoms with Crippen LogP contribution >= 0.6 is 12.2 Å². The van der Waals surface area contributed by atoms with Gasteiger partial charge < -0.3 is 20.9 Å². The molecule has 1 fully saturated rings. The molecule has 0 radical (unpaired) electrons. The molecule has 1 heterocycles. The Bertz CT molecular complexity index is 676. The molecule has 0 bridgehead atoms. The highest BCUT2D eigenvalue weighted by Crippen LogP contribution is 2.29. The maximum absolute atomic E-state index is 11.9. The fraction of sp³-hybridized carbons (Fsp3) is 0.652. The highest BCUT2D eigenvalue weighted by atomic mass is 32.1. The zero-order valence-electron chi connectivity index (χ0n) is 18.7. The van der Waals surface area contributed by atoms with Crippen LogP contribution in [0.25, 0.3) is 0 Å². The summed E-state index contributed by atoms with van der Waals surface area (Å²) in [5.41, 5.74) is 2.25. The van der Waals surface area contributed by atoms with E-state index < -0.39 is 0 Å². The van der Waals surface area contributed by atoms with Gasteiger partial charge in [-0.15, -0.1) is 0 Å². The van der Waals surface area contributed by atoms with Gasteiger partial charge in [0, 0.05) is 23.7 Å². The summed E-state index contributed by atoms with van der Waals surface area (Å²) in [6.45, 7) is 14.4. The third-order valence-electron chi connectivity index (χ3n) is 5.16.